The summed E-state index contributed by atoms with van der Waals surface area (Å²) in [7, 11) is 1.56. The summed E-state index contributed by atoms with van der Waals surface area (Å²) in [6.07, 6.45) is 0. The van der Waals surface area contributed by atoms with E-state index in [1.807, 2.05) is 18.2 Å². The normalized spacial score (nSPS) is 13.4. The van der Waals surface area contributed by atoms with Crippen LogP contribution in [0.25, 0.3) is 5.57 Å². The van der Waals surface area contributed by atoms with Crippen LogP contribution in [-0.2, 0) is 14.4 Å². The summed E-state index contributed by atoms with van der Waals surface area (Å²) in [5.41, 5.74) is 2.70. The molecule has 0 saturated carbocycles. The molecule has 0 radical (unpaired) electrons. The summed E-state index contributed by atoms with van der Waals surface area (Å²) in [5, 5.41) is 5.78. The lowest BCUT2D eigenvalue weighted by Crippen LogP contribution is -2.32. The smallest absolute Gasteiger partial charge is 0.282 e. The zero-order valence-corrected chi connectivity index (χ0v) is 17.6. The minimum absolute atomic E-state index is 0.181. The van der Waals surface area contributed by atoms with Crippen LogP contribution in [0.2, 0.25) is 0 Å². The number of carbonyl (C=O) groups is 3. The van der Waals surface area contributed by atoms with Crippen molar-refractivity contribution in [2.24, 2.45) is 0 Å². The van der Waals surface area contributed by atoms with Crippen LogP contribution in [-0.4, -0.2) is 24.8 Å². The Labute approximate surface area is 185 Å². The zero-order valence-electron chi connectivity index (χ0n) is 17.6. The van der Waals surface area contributed by atoms with Gasteiger partial charge in [0.25, 0.3) is 11.8 Å². The minimum Gasteiger partial charge on any atom is -0.497 e. The molecule has 1 aliphatic rings. The van der Waals surface area contributed by atoms with Crippen molar-refractivity contribution < 1.29 is 19.1 Å². The van der Waals surface area contributed by atoms with Crippen molar-refractivity contribution in [3.05, 3.63) is 90.1 Å². The molecule has 0 aliphatic carbocycles. The topological polar surface area (TPSA) is 87.7 Å². The van der Waals surface area contributed by atoms with Gasteiger partial charge in [-0.3, -0.25) is 14.4 Å². The molecule has 3 amide bonds. The summed E-state index contributed by atoms with van der Waals surface area (Å²) in [6.45, 7) is 1.41. The van der Waals surface area contributed by atoms with Gasteiger partial charge < -0.3 is 15.4 Å². The van der Waals surface area contributed by atoms with Gasteiger partial charge >= 0.3 is 0 Å². The first-order valence-electron chi connectivity index (χ1n) is 9.95. The molecule has 0 spiro atoms. The lowest BCUT2D eigenvalue weighted by Gasteiger charge is -2.16. The van der Waals surface area contributed by atoms with E-state index in [2.05, 4.69) is 10.6 Å². The number of nitrogens with one attached hydrogen (secondary N) is 2. The van der Waals surface area contributed by atoms with Gasteiger partial charge in [-0.15, -0.1) is 0 Å². The number of hydrogen-bond donors (Lipinski definition) is 2. The van der Waals surface area contributed by atoms with Gasteiger partial charge in [0.15, 0.2) is 0 Å². The lowest BCUT2D eigenvalue weighted by molar-refractivity contribution is -0.120. The summed E-state index contributed by atoms with van der Waals surface area (Å²) in [6, 6.07) is 22.7. The molecular formula is C25H21N3O4. The van der Waals surface area contributed by atoms with Crippen molar-refractivity contribution in [1.29, 1.82) is 0 Å². The van der Waals surface area contributed by atoms with Crippen molar-refractivity contribution >= 4 is 40.4 Å². The highest BCUT2D eigenvalue weighted by atomic mass is 16.5. The molecule has 0 aromatic heterocycles. The van der Waals surface area contributed by atoms with Crippen LogP contribution >= 0.6 is 0 Å². The van der Waals surface area contributed by atoms with E-state index in [1.54, 1.807) is 67.8 Å². The Bertz CT molecular complexity index is 1220. The molecule has 1 aliphatic heterocycles. The number of benzene rings is 3. The first-order chi connectivity index (χ1) is 15.5. The van der Waals surface area contributed by atoms with Crippen LogP contribution in [0.15, 0.2) is 84.6 Å². The molecule has 0 atom stereocenters. The number of carbonyl (C=O) groups excluding carboxylic acids is 3. The third-order valence-corrected chi connectivity index (χ3v) is 4.93. The van der Waals surface area contributed by atoms with E-state index >= 15 is 0 Å². The summed E-state index contributed by atoms with van der Waals surface area (Å²) >= 11 is 0. The Kier molecular flexibility index (Phi) is 5.72. The molecule has 7 heteroatoms. The monoisotopic (exact) mass is 427 g/mol. The van der Waals surface area contributed by atoms with E-state index in [9.17, 15) is 14.4 Å². The second-order valence-electron chi connectivity index (χ2n) is 7.15. The van der Waals surface area contributed by atoms with Gasteiger partial charge in [-0.2, -0.15) is 0 Å². The number of hydrogen-bond acceptors (Lipinski definition) is 5. The number of rotatable bonds is 6. The van der Waals surface area contributed by atoms with Crippen LogP contribution in [0.1, 0.15) is 12.5 Å². The molecule has 4 rings (SSSR count). The van der Waals surface area contributed by atoms with Crippen LogP contribution in [0.3, 0.4) is 0 Å². The molecule has 1 heterocycles. The molecule has 0 unspecified atom stereocenters. The van der Waals surface area contributed by atoms with Gasteiger partial charge in [0.1, 0.15) is 11.4 Å². The Morgan fingerprint density at radius 3 is 2.22 bits per heavy atom. The second kappa shape index (κ2) is 8.77. The van der Waals surface area contributed by atoms with Crippen molar-refractivity contribution in [2.75, 3.05) is 22.6 Å². The number of nitrogens with zero attached hydrogens (tertiary/aromatic N) is 1. The molecule has 3 aromatic rings. The number of imide groups is 1. The van der Waals surface area contributed by atoms with Crippen molar-refractivity contribution in [1.82, 2.24) is 0 Å². The third kappa shape index (κ3) is 4.09. The molecule has 0 bridgehead atoms. The standard InChI is InChI=1S/C25H21N3O4/c1-16(29)26-18-11-13-20(14-12-18)28-24(30)22(17-7-4-3-5-8-17)23(25(28)31)27-19-9-6-10-21(15-19)32-2/h3-15,27H,1-2H3,(H,26,29). The first kappa shape index (κ1) is 20.9. The fourth-order valence-corrected chi connectivity index (χ4v) is 3.50. The number of anilines is 3. The molecule has 0 saturated heterocycles. The van der Waals surface area contributed by atoms with Crippen LogP contribution < -0.4 is 20.3 Å². The Hall–Kier alpha value is -4.39. The maximum atomic E-state index is 13.4. The maximum Gasteiger partial charge on any atom is 0.282 e. The molecular weight excluding hydrogens is 406 g/mol. The van der Waals surface area contributed by atoms with E-state index in [-0.39, 0.29) is 17.2 Å². The van der Waals surface area contributed by atoms with Crippen LogP contribution in [0, 0.1) is 0 Å². The fraction of sp³-hybridized carbons (Fsp3) is 0.0800. The van der Waals surface area contributed by atoms with Gasteiger partial charge in [-0.05, 0) is 42.0 Å². The lowest BCUT2D eigenvalue weighted by atomic mass is 10.0. The van der Waals surface area contributed by atoms with Gasteiger partial charge in [-0.1, -0.05) is 36.4 Å². The highest BCUT2D eigenvalue weighted by Crippen LogP contribution is 2.34. The average molecular weight is 427 g/mol. The predicted octanol–water partition coefficient (Wildman–Crippen LogP) is 4.05. The summed E-state index contributed by atoms with van der Waals surface area (Å²) < 4.78 is 5.26. The van der Waals surface area contributed by atoms with Crippen LogP contribution in [0.4, 0.5) is 17.1 Å². The van der Waals surface area contributed by atoms with Gasteiger partial charge in [-0.25, -0.2) is 4.90 Å². The average Bonchev–Trinajstić information content (AvgIpc) is 3.04. The van der Waals surface area contributed by atoms with Gasteiger partial charge in [0, 0.05) is 24.4 Å². The van der Waals surface area contributed by atoms with E-state index in [0.29, 0.717) is 28.4 Å². The molecule has 2 N–H and O–H groups in total. The highest BCUT2D eigenvalue weighted by molar-refractivity contribution is 6.46. The predicted molar refractivity (Wildman–Crippen MR) is 123 cm³/mol. The number of ether oxygens (including phenoxy) is 1. The SMILES string of the molecule is COc1cccc(NC2=C(c3ccccc3)C(=O)N(c3ccc(NC(C)=O)cc3)C2=O)c1. The molecule has 3 aromatic carbocycles. The maximum absolute atomic E-state index is 13.4. The minimum atomic E-state index is -0.469. The first-order valence-corrected chi connectivity index (χ1v) is 9.95. The van der Waals surface area contributed by atoms with Gasteiger partial charge in [0.05, 0.1) is 18.4 Å². The summed E-state index contributed by atoms with van der Waals surface area (Å²) in [5.74, 6) is -0.481. The van der Waals surface area contributed by atoms with E-state index in [0.717, 1.165) is 4.90 Å². The van der Waals surface area contributed by atoms with Crippen molar-refractivity contribution in [2.45, 2.75) is 6.92 Å². The fourth-order valence-electron chi connectivity index (χ4n) is 3.50. The van der Waals surface area contributed by atoms with E-state index in [1.165, 1.54) is 6.92 Å². The quantitative estimate of drug-likeness (QED) is 0.580. The molecule has 7 nitrogen and oxygen atoms in total. The Morgan fingerprint density at radius 1 is 0.844 bits per heavy atom. The van der Waals surface area contributed by atoms with Crippen LogP contribution in [0.5, 0.6) is 5.75 Å². The van der Waals surface area contributed by atoms with Crippen molar-refractivity contribution in [3.63, 3.8) is 0 Å². The highest BCUT2D eigenvalue weighted by Gasteiger charge is 2.40. The number of amides is 3. The Morgan fingerprint density at radius 2 is 1.56 bits per heavy atom. The molecule has 32 heavy (non-hydrogen) atoms. The third-order valence-electron chi connectivity index (χ3n) is 4.93. The van der Waals surface area contributed by atoms with Gasteiger partial charge in [0.2, 0.25) is 5.91 Å². The molecule has 160 valence electrons. The second-order valence-corrected chi connectivity index (χ2v) is 7.15. The zero-order chi connectivity index (χ0) is 22.7. The largest absolute Gasteiger partial charge is 0.497 e. The van der Waals surface area contributed by atoms with Crippen molar-refractivity contribution in [3.8, 4) is 5.75 Å². The Balaban J connectivity index is 1.74. The van der Waals surface area contributed by atoms with E-state index < -0.39 is 11.8 Å². The summed E-state index contributed by atoms with van der Waals surface area (Å²) in [4.78, 5) is 39.2. The number of methoxy groups -OCH3 is 1. The molecule has 0 fully saturated rings. The van der Waals surface area contributed by atoms with E-state index in [4.69, 9.17) is 4.74 Å².